The lowest BCUT2D eigenvalue weighted by atomic mass is 10.0. The first-order chi connectivity index (χ1) is 47.9. The molecule has 0 rings (SSSR count). The van der Waals surface area contributed by atoms with E-state index in [1.165, 1.54) is 193 Å². The van der Waals surface area contributed by atoms with Crippen LogP contribution < -0.4 is 0 Å². The largest absolute Gasteiger partial charge is 0.472 e. The Labute approximate surface area is 605 Å². The Morgan fingerprint density at radius 2 is 0.545 bits per heavy atom. The fourth-order valence-electron chi connectivity index (χ4n) is 11.8. The van der Waals surface area contributed by atoms with Crippen LogP contribution in [0.3, 0.4) is 0 Å². The van der Waals surface area contributed by atoms with Gasteiger partial charge in [-0.3, -0.25) is 37.3 Å². The van der Waals surface area contributed by atoms with Crippen LogP contribution in [-0.2, 0) is 65.4 Å². The van der Waals surface area contributed by atoms with Gasteiger partial charge in [0, 0.05) is 25.7 Å². The molecule has 0 heterocycles. The third-order valence-corrected chi connectivity index (χ3v) is 20.0. The molecule has 0 saturated heterocycles. The Bertz CT molecular complexity index is 2000. The van der Waals surface area contributed by atoms with E-state index in [9.17, 15) is 43.2 Å². The van der Waals surface area contributed by atoms with Crippen molar-refractivity contribution in [2.45, 2.75) is 413 Å². The van der Waals surface area contributed by atoms with Crippen molar-refractivity contribution in [3.8, 4) is 0 Å². The molecular weight excluding hydrogens is 1290 g/mol. The minimum atomic E-state index is -4.97. The van der Waals surface area contributed by atoms with Crippen LogP contribution in [0.2, 0.25) is 0 Å². The molecule has 2 unspecified atom stereocenters. The predicted octanol–water partition coefficient (Wildman–Crippen LogP) is 23.4. The molecule has 0 aliphatic rings. The van der Waals surface area contributed by atoms with Crippen molar-refractivity contribution in [2.24, 2.45) is 11.8 Å². The van der Waals surface area contributed by atoms with Gasteiger partial charge in [-0.15, -0.1) is 0 Å². The van der Waals surface area contributed by atoms with E-state index in [2.05, 4.69) is 65.8 Å². The standard InChI is InChI=1S/C80H152O17P2/c1-7-9-11-13-15-17-19-21-23-24-25-27-33-37-41-45-53-59-64-79(84)96-75(68-90-77(82)62-56-50-43-39-35-31-29-28-30-34-38-42-48-54-60-72(3)4)70-94-98(86,87)92-66-74(81)67-93-99(88,89)95-71-76(69-91-78(83)63-57-51-47-46-49-55-61-73(5)6)97-80(85)65-58-52-44-40-36-32-26-22-20-18-16-14-12-10-8-2/h18,20,22,26,72-76,81H,7-17,19,21,23-25,27-71H2,1-6H3,(H,86,87)(H,88,89)/b20-18-,26-22-/t74-,75-,76-/m1/s1. The van der Waals surface area contributed by atoms with E-state index in [1.807, 2.05) is 0 Å². The summed E-state index contributed by atoms with van der Waals surface area (Å²) in [6.45, 7) is 9.50. The van der Waals surface area contributed by atoms with E-state index >= 15 is 0 Å². The number of allylic oxidation sites excluding steroid dienone is 4. The van der Waals surface area contributed by atoms with Gasteiger partial charge in [-0.2, -0.15) is 0 Å². The molecular formula is C80H152O17P2. The van der Waals surface area contributed by atoms with Crippen LogP contribution in [0.25, 0.3) is 0 Å². The quantitative estimate of drug-likeness (QED) is 0.0169. The molecule has 0 saturated carbocycles. The molecule has 99 heavy (non-hydrogen) atoms. The second kappa shape index (κ2) is 71.2. The van der Waals surface area contributed by atoms with Crippen LogP contribution in [0.1, 0.15) is 395 Å². The SMILES string of the molecule is CCCCCC/C=C\C=C/CCCCCCCC(=O)O[C@H](COC(=O)CCCCCCCCC(C)C)COP(=O)(O)OC[C@H](O)COP(=O)(O)OC[C@@H](COC(=O)CCCCCCCCCCCCCCCCC(C)C)OC(=O)CCCCCCCCCCCCCCCCCCCC. The molecule has 17 nitrogen and oxygen atoms in total. The molecule has 5 atom stereocenters. The number of ether oxygens (including phenoxy) is 4. The molecule has 0 spiro atoms. The molecule has 0 aromatic carbocycles. The van der Waals surface area contributed by atoms with Crippen molar-refractivity contribution in [3.63, 3.8) is 0 Å². The average molecular weight is 1450 g/mol. The van der Waals surface area contributed by atoms with Gasteiger partial charge in [0.15, 0.2) is 12.2 Å². The van der Waals surface area contributed by atoms with Crippen molar-refractivity contribution < 1.29 is 80.2 Å². The highest BCUT2D eigenvalue weighted by Crippen LogP contribution is 2.45. The highest BCUT2D eigenvalue weighted by atomic mass is 31.2. The van der Waals surface area contributed by atoms with Gasteiger partial charge in [0.2, 0.25) is 0 Å². The Balaban J connectivity index is 5.26. The molecule has 0 aliphatic heterocycles. The van der Waals surface area contributed by atoms with Gasteiger partial charge in [0.05, 0.1) is 26.4 Å². The van der Waals surface area contributed by atoms with E-state index in [4.69, 9.17) is 37.0 Å². The smallest absolute Gasteiger partial charge is 0.462 e. The maximum atomic E-state index is 13.1. The lowest BCUT2D eigenvalue weighted by molar-refractivity contribution is -0.161. The zero-order valence-electron chi connectivity index (χ0n) is 64.3. The number of esters is 4. The number of hydrogen-bond donors (Lipinski definition) is 3. The summed E-state index contributed by atoms with van der Waals surface area (Å²) in [4.78, 5) is 72.9. The number of carbonyl (C=O) groups excluding carboxylic acids is 4. The summed E-state index contributed by atoms with van der Waals surface area (Å²) < 4.78 is 68.6. The van der Waals surface area contributed by atoms with Crippen molar-refractivity contribution >= 4 is 39.5 Å². The van der Waals surface area contributed by atoms with Gasteiger partial charge < -0.3 is 33.8 Å². The number of rotatable bonds is 77. The fraction of sp³-hybridized carbons (Fsp3) is 0.900. The molecule has 584 valence electrons. The summed E-state index contributed by atoms with van der Waals surface area (Å²) >= 11 is 0. The maximum Gasteiger partial charge on any atom is 0.472 e. The van der Waals surface area contributed by atoms with Crippen molar-refractivity contribution in [3.05, 3.63) is 24.3 Å². The number of aliphatic hydroxyl groups excluding tert-OH is 1. The molecule has 0 bridgehead atoms. The summed E-state index contributed by atoms with van der Waals surface area (Å²) in [5.41, 5.74) is 0. The lowest BCUT2D eigenvalue weighted by Crippen LogP contribution is -2.30. The molecule has 0 aromatic heterocycles. The molecule has 0 fully saturated rings. The normalized spacial score (nSPS) is 14.1. The number of phosphoric ester groups is 2. The number of aliphatic hydroxyl groups is 1. The zero-order chi connectivity index (χ0) is 72.8. The Kier molecular flexibility index (Phi) is 69.4. The first kappa shape index (κ1) is 96.5. The van der Waals surface area contributed by atoms with Crippen LogP contribution >= 0.6 is 15.6 Å². The third kappa shape index (κ3) is 73.6. The summed E-state index contributed by atoms with van der Waals surface area (Å²) in [5.74, 6) is -0.669. The average Bonchev–Trinajstić information content (AvgIpc) is 1.17. The summed E-state index contributed by atoms with van der Waals surface area (Å²) in [6.07, 6.45) is 63.4. The predicted molar refractivity (Wildman–Crippen MR) is 404 cm³/mol. The van der Waals surface area contributed by atoms with Gasteiger partial charge in [-0.05, 0) is 63.2 Å². The van der Waals surface area contributed by atoms with Gasteiger partial charge in [-0.1, -0.05) is 342 Å². The van der Waals surface area contributed by atoms with E-state index in [-0.39, 0.29) is 25.7 Å². The Morgan fingerprint density at radius 3 is 0.828 bits per heavy atom. The molecule has 19 heteroatoms. The Hall–Kier alpha value is -2.46. The molecule has 0 amide bonds. The van der Waals surface area contributed by atoms with E-state index in [1.54, 1.807) is 0 Å². The minimum Gasteiger partial charge on any atom is -0.462 e. The number of carbonyl (C=O) groups is 4. The maximum absolute atomic E-state index is 13.1. The molecule has 0 aliphatic carbocycles. The highest BCUT2D eigenvalue weighted by Gasteiger charge is 2.30. The molecule has 0 radical (unpaired) electrons. The van der Waals surface area contributed by atoms with Gasteiger partial charge in [0.25, 0.3) is 0 Å². The second-order valence-corrected chi connectivity index (χ2v) is 32.0. The number of hydrogen-bond acceptors (Lipinski definition) is 15. The van der Waals surface area contributed by atoms with E-state index in [0.29, 0.717) is 31.6 Å². The first-order valence-corrected chi connectivity index (χ1v) is 43.8. The Morgan fingerprint density at radius 1 is 0.313 bits per heavy atom. The van der Waals surface area contributed by atoms with Crippen molar-refractivity contribution in [1.29, 1.82) is 0 Å². The van der Waals surface area contributed by atoms with Crippen LogP contribution in [0.15, 0.2) is 24.3 Å². The van der Waals surface area contributed by atoms with E-state index in [0.717, 1.165) is 115 Å². The first-order valence-electron chi connectivity index (χ1n) is 40.8. The molecule has 3 N–H and O–H groups in total. The van der Waals surface area contributed by atoms with Crippen LogP contribution in [0.5, 0.6) is 0 Å². The zero-order valence-corrected chi connectivity index (χ0v) is 66.1. The summed E-state index contributed by atoms with van der Waals surface area (Å²) in [5, 5.41) is 10.6. The number of unbranched alkanes of at least 4 members (excludes halogenated alkanes) is 44. The molecule has 0 aromatic rings. The van der Waals surface area contributed by atoms with Gasteiger partial charge >= 0.3 is 39.5 Å². The van der Waals surface area contributed by atoms with Crippen molar-refractivity contribution in [1.82, 2.24) is 0 Å². The number of phosphoric acid groups is 2. The topological polar surface area (TPSA) is 237 Å². The summed E-state index contributed by atoms with van der Waals surface area (Å²) in [6, 6.07) is 0. The van der Waals surface area contributed by atoms with Crippen LogP contribution in [-0.4, -0.2) is 96.7 Å². The second-order valence-electron chi connectivity index (χ2n) is 29.1. The van der Waals surface area contributed by atoms with Crippen LogP contribution in [0, 0.1) is 11.8 Å². The monoisotopic (exact) mass is 1450 g/mol. The van der Waals surface area contributed by atoms with E-state index < -0.39 is 97.5 Å². The summed E-state index contributed by atoms with van der Waals surface area (Å²) in [7, 11) is -9.93. The van der Waals surface area contributed by atoms with Gasteiger partial charge in [0.1, 0.15) is 19.3 Å². The fourth-order valence-corrected chi connectivity index (χ4v) is 13.4. The van der Waals surface area contributed by atoms with Gasteiger partial charge in [-0.25, -0.2) is 9.13 Å². The van der Waals surface area contributed by atoms with Crippen molar-refractivity contribution in [2.75, 3.05) is 39.6 Å². The minimum absolute atomic E-state index is 0.0841. The third-order valence-electron chi connectivity index (χ3n) is 18.1. The highest BCUT2D eigenvalue weighted by molar-refractivity contribution is 7.47. The van der Waals surface area contributed by atoms with Crippen LogP contribution in [0.4, 0.5) is 0 Å². The lowest BCUT2D eigenvalue weighted by Gasteiger charge is -2.21.